The van der Waals surface area contributed by atoms with Gasteiger partial charge < -0.3 is 0 Å². The van der Waals surface area contributed by atoms with Crippen LogP contribution in [0, 0.1) is 6.92 Å². The Kier molecular flexibility index (Phi) is 5.24. The lowest BCUT2D eigenvalue weighted by Crippen LogP contribution is -2.25. The number of nitrogens with zero attached hydrogens (tertiary/aromatic N) is 3. The van der Waals surface area contributed by atoms with Crippen LogP contribution >= 0.6 is 0 Å². The van der Waals surface area contributed by atoms with Gasteiger partial charge in [-0.25, -0.2) is 0 Å². The van der Waals surface area contributed by atoms with E-state index in [1.807, 2.05) is 25.3 Å². The van der Waals surface area contributed by atoms with Crippen LogP contribution in [0.15, 0.2) is 42.6 Å². The van der Waals surface area contributed by atoms with E-state index in [0.29, 0.717) is 6.04 Å². The highest BCUT2D eigenvalue weighted by molar-refractivity contribution is 5.12. The second-order valence-corrected chi connectivity index (χ2v) is 5.24. The number of hydrogen-bond acceptors (Lipinski definition) is 3. The van der Waals surface area contributed by atoms with E-state index in [9.17, 15) is 0 Å². The van der Waals surface area contributed by atoms with Crippen LogP contribution in [0.3, 0.4) is 0 Å². The largest absolute Gasteiger partial charge is 0.292 e. The zero-order valence-corrected chi connectivity index (χ0v) is 12.6. The predicted molar refractivity (Wildman–Crippen MR) is 82.3 cm³/mol. The van der Waals surface area contributed by atoms with Gasteiger partial charge in [0.15, 0.2) is 0 Å². The smallest absolute Gasteiger partial charge is 0.0575 e. The van der Waals surface area contributed by atoms with E-state index in [4.69, 9.17) is 0 Å². The molecular formula is C17H23N3. The summed E-state index contributed by atoms with van der Waals surface area (Å²) in [5, 5.41) is 0. The molecule has 3 nitrogen and oxygen atoms in total. The van der Waals surface area contributed by atoms with Gasteiger partial charge in [-0.05, 0) is 44.7 Å². The second kappa shape index (κ2) is 7.15. The summed E-state index contributed by atoms with van der Waals surface area (Å²) in [5.41, 5.74) is 3.33. The molecule has 1 unspecified atom stereocenters. The van der Waals surface area contributed by atoms with Crippen LogP contribution < -0.4 is 0 Å². The Morgan fingerprint density at radius 2 is 2.00 bits per heavy atom. The van der Waals surface area contributed by atoms with Gasteiger partial charge >= 0.3 is 0 Å². The minimum Gasteiger partial charge on any atom is -0.292 e. The summed E-state index contributed by atoms with van der Waals surface area (Å²) in [5.74, 6) is 0. The fraction of sp³-hybridized carbons (Fsp3) is 0.412. The highest BCUT2D eigenvalue weighted by Crippen LogP contribution is 2.23. The number of rotatable bonds is 6. The van der Waals surface area contributed by atoms with Crippen LogP contribution in [-0.2, 0) is 6.54 Å². The molecule has 0 bridgehead atoms. The van der Waals surface area contributed by atoms with E-state index < -0.39 is 0 Å². The molecular weight excluding hydrogens is 246 g/mol. The number of pyridine rings is 2. The van der Waals surface area contributed by atoms with E-state index in [2.05, 4.69) is 53.1 Å². The molecule has 3 heteroatoms. The Morgan fingerprint density at radius 1 is 1.15 bits per heavy atom. The van der Waals surface area contributed by atoms with Gasteiger partial charge in [0.25, 0.3) is 0 Å². The first-order valence-corrected chi connectivity index (χ1v) is 7.24. The molecule has 0 aliphatic carbocycles. The molecule has 2 aromatic rings. The summed E-state index contributed by atoms with van der Waals surface area (Å²) in [6, 6.07) is 12.7. The molecule has 0 saturated heterocycles. The van der Waals surface area contributed by atoms with Crippen LogP contribution in [0.5, 0.6) is 0 Å². The van der Waals surface area contributed by atoms with Gasteiger partial charge in [-0.2, -0.15) is 0 Å². The zero-order valence-electron chi connectivity index (χ0n) is 12.6. The molecule has 0 saturated carbocycles. The molecule has 0 aliphatic rings. The van der Waals surface area contributed by atoms with Crippen molar-refractivity contribution in [3.63, 3.8) is 0 Å². The Labute approximate surface area is 121 Å². The number of aromatic nitrogens is 2. The quantitative estimate of drug-likeness (QED) is 0.799. The summed E-state index contributed by atoms with van der Waals surface area (Å²) in [6.07, 6.45) is 4.13. The van der Waals surface area contributed by atoms with Crippen molar-refractivity contribution in [3.8, 4) is 0 Å². The molecule has 2 aromatic heterocycles. The lowest BCUT2D eigenvalue weighted by atomic mass is 10.1. The van der Waals surface area contributed by atoms with E-state index in [1.54, 1.807) is 0 Å². The van der Waals surface area contributed by atoms with Crippen molar-refractivity contribution >= 4 is 0 Å². The molecule has 0 spiro atoms. The maximum atomic E-state index is 4.59. The van der Waals surface area contributed by atoms with Gasteiger partial charge in [0.1, 0.15) is 0 Å². The third kappa shape index (κ3) is 3.87. The third-order valence-corrected chi connectivity index (χ3v) is 3.48. The van der Waals surface area contributed by atoms with Crippen LogP contribution in [-0.4, -0.2) is 21.9 Å². The Bertz CT molecular complexity index is 525. The molecule has 0 amide bonds. The maximum absolute atomic E-state index is 4.59. The summed E-state index contributed by atoms with van der Waals surface area (Å²) in [7, 11) is 2.15. The highest BCUT2D eigenvalue weighted by Gasteiger charge is 2.17. The molecule has 2 rings (SSSR count). The van der Waals surface area contributed by atoms with Crippen molar-refractivity contribution in [3.05, 3.63) is 59.7 Å². The minimum atomic E-state index is 0.350. The van der Waals surface area contributed by atoms with E-state index in [0.717, 1.165) is 36.5 Å². The Morgan fingerprint density at radius 3 is 2.65 bits per heavy atom. The molecule has 0 aromatic carbocycles. The molecule has 2 heterocycles. The molecule has 106 valence electrons. The fourth-order valence-corrected chi connectivity index (χ4v) is 2.49. The molecule has 0 radical (unpaired) electrons. The Hall–Kier alpha value is -1.74. The summed E-state index contributed by atoms with van der Waals surface area (Å²) < 4.78 is 0. The molecule has 20 heavy (non-hydrogen) atoms. The summed E-state index contributed by atoms with van der Waals surface area (Å²) in [6.45, 7) is 5.10. The van der Waals surface area contributed by atoms with Crippen molar-refractivity contribution in [2.75, 3.05) is 7.05 Å². The molecule has 0 aliphatic heterocycles. The Balaban J connectivity index is 2.13. The van der Waals surface area contributed by atoms with Crippen molar-refractivity contribution in [2.45, 2.75) is 39.3 Å². The molecule has 0 fully saturated rings. The second-order valence-electron chi connectivity index (χ2n) is 5.24. The first-order valence-electron chi connectivity index (χ1n) is 7.24. The molecule has 0 N–H and O–H groups in total. The first-order chi connectivity index (χ1) is 9.70. The summed E-state index contributed by atoms with van der Waals surface area (Å²) >= 11 is 0. The maximum Gasteiger partial charge on any atom is 0.0575 e. The number of hydrogen-bond donors (Lipinski definition) is 0. The fourth-order valence-electron chi connectivity index (χ4n) is 2.49. The lowest BCUT2D eigenvalue weighted by molar-refractivity contribution is 0.216. The standard InChI is InChI=1S/C17H23N3/c1-4-8-17(16-11-5-6-12-18-16)20(3)13-15-10-7-9-14(2)19-15/h5-7,9-12,17H,4,8,13H2,1-3H3. The first kappa shape index (κ1) is 14.7. The van der Waals surface area contributed by atoms with Crippen molar-refractivity contribution in [2.24, 2.45) is 0 Å². The highest BCUT2D eigenvalue weighted by atomic mass is 15.1. The molecule has 1 atom stereocenters. The average Bonchev–Trinajstić information content (AvgIpc) is 2.45. The lowest BCUT2D eigenvalue weighted by Gasteiger charge is -2.27. The number of aryl methyl sites for hydroxylation is 1. The minimum absolute atomic E-state index is 0.350. The van der Waals surface area contributed by atoms with Crippen LogP contribution in [0.2, 0.25) is 0 Å². The van der Waals surface area contributed by atoms with E-state index >= 15 is 0 Å². The van der Waals surface area contributed by atoms with Gasteiger partial charge in [-0.15, -0.1) is 0 Å². The van der Waals surface area contributed by atoms with Gasteiger partial charge in [0.05, 0.1) is 17.4 Å². The van der Waals surface area contributed by atoms with E-state index in [-0.39, 0.29) is 0 Å². The van der Waals surface area contributed by atoms with Crippen LogP contribution in [0.1, 0.15) is 42.9 Å². The topological polar surface area (TPSA) is 29.0 Å². The predicted octanol–water partition coefficient (Wildman–Crippen LogP) is 3.76. The van der Waals surface area contributed by atoms with Crippen LogP contribution in [0.25, 0.3) is 0 Å². The van der Waals surface area contributed by atoms with Crippen molar-refractivity contribution in [1.29, 1.82) is 0 Å². The van der Waals surface area contributed by atoms with Gasteiger partial charge in [-0.3, -0.25) is 14.9 Å². The average molecular weight is 269 g/mol. The third-order valence-electron chi connectivity index (χ3n) is 3.48. The zero-order chi connectivity index (χ0) is 14.4. The van der Waals surface area contributed by atoms with Crippen LogP contribution in [0.4, 0.5) is 0 Å². The normalized spacial score (nSPS) is 12.6. The SMILES string of the molecule is CCCC(c1ccccn1)N(C)Cc1cccc(C)n1. The van der Waals surface area contributed by atoms with E-state index in [1.165, 1.54) is 0 Å². The van der Waals surface area contributed by atoms with Gasteiger partial charge in [0, 0.05) is 18.4 Å². The van der Waals surface area contributed by atoms with Crippen molar-refractivity contribution in [1.82, 2.24) is 14.9 Å². The monoisotopic (exact) mass is 269 g/mol. The summed E-state index contributed by atoms with van der Waals surface area (Å²) in [4.78, 5) is 11.4. The van der Waals surface area contributed by atoms with Gasteiger partial charge in [-0.1, -0.05) is 25.5 Å². The van der Waals surface area contributed by atoms with Crippen molar-refractivity contribution < 1.29 is 0 Å². The van der Waals surface area contributed by atoms with Gasteiger partial charge in [0.2, 0.25) is 0 Å².